The van der Waals surface area contributed by atoms with Gasteiger partial charge in [0.25, 0.3) is 5.91 Å². The predicted molar refractivity (Wildman–Crippen MR) is 99.7 cm³/mol. The predicted octanol–water partition coefficient (Wildman–Crippen LogP) is 2.83. The van der Waals surface area contributed by atoms with Gasteiger partial charge in [0.05, 0.1) is 12.1 Å². The van der Waals surface area contributed by atoms with E-state index in [4.69, 9.17) is 4.74 Å². The topological polar surface area (TPSA) is 67.4 Å². The number of hydrogen-bond acceptors (Lipinski definition) is 4. The number of thioether (sulfide) groups is 1. The normalized spacial score (nSPS) is 15.7. The van der Waals surface area contributed by atoms with Gasteiger partial charge in [-0.05, 0) is 17.7 Å². The van der Waals surface area contributed by atoms with E-state index in [9.17, 15) is 9.59 Å². The lowest BCUT2D eigenvalue weighted by Gasteiger charge is -2.25. The standard InChI is InChI=1S/C19H20N2O3S/c22-18(20-10-11-25-13-14-6-2-1-3-7-14)12-17-19(23)21-15-8-4-5-9-16(15)24-17/h1-9,17H,10-13H2,(H,20,22)(H,21,23)/t17-/m1/s1. The first kappa shape index (κ1) is 17.4. The average molecular weight is 356 g/mol. The van der Waals surface area contributed by atoms with Crippen LogP contribution in [0, 0.1) is 0 Å². The lowest BCUT2D eigenvalue weighted by Crippen LogP contribution is -2.41. The van der Waals surface area contributed by atoms with Gasteiger partial charge in [0.15, 0.2) is 6.10 Å². The molecule has 1 atom stereocenters. The maximum Gasteiger partial charge on any atom is 0.266 e. The Bertz CT molecular complexity index is 736. The van der Waals surface area contributed by atoms with E-state index >= 15 is 0 Å². The Morgan fingerprint density at radius 1 is 1.12 bits per heavy atom. The molecular formula is C19H20N2O3S. The number of fused-ring (bicyclic) bond motifs is 1. The van der Waals surface area contributed by atoms with Crippen LogP contribution in [0.1, 0.15) is 12.0 Å². The molecular weight excluding hydrogens is 336 g/mol. The Morgan fingerprint density at radius 2 is 1.88 bits per heavy atom. The molecule has 130 valence electrons. The third kappa shape index (κ3) is 5.00. The molecule has 0 fully saturated rings. The van der Waals surface area contributed by atoms with Crippen LogP contribution in [-0.4, -0.2) is 30.2 Å². The fourth-order valence-corrected chi connectivity index (χ4v) is 3.31. The van der Waals surface area contributed by atoms with E-state index in [1.807, 2.05) is 30.3 Å². The molecule has 2 aromatic rings. The summed E-state index contributed by atoms with van der Waals surface area (Å²) in [5.41, 5.74) is 1.91. The van der Waals surface area contributed by atoms with Crippen molar-refractivity contribution in [1.29, 1.82) is 0 Å². The fourth-order valence-electron chi connectivity index (χ4n) is 2.49. The van der Waals surface area contributed by atoms with Gasteiger partial charge in [0.1, 0.15) is 5.75 Å². The quantitative estimate of drug-likeness (QED) is 0.749. The number of hydrogen-bond donors (Lipinski definition) is 2. The number of rotatable bonds is 7. The van der Waals surface area contributed by atoms with Gasteiger partial charge in [-0.15, -0.1) is 0 Å². The minimum atomic E-state index is -0.785. The molecule has 2 amide bonds. The lowest BCUT2D eigenvalue weighted by atomic mass is 10.1. The van der Waals surface area contributed by atoms with E-state index in [0.29, 0.717) is 18.0 Å². The van der Waals surface area contributed by atoms with Crippen molar-refractivity contribution in [2.75, 3.05) is 17.6 Å². The molecule has 25 heavy (non-hydrogen) atoms. The number of ether oxygens (including phenoxy) is 1. The van der Waals surface area contributed by atoms with Crippen molar-refractivity contribution in [2.24, 2.45) is 0 Å². The summed E-state index contributed by atoms with van der Waals surface area (Å²) in [5.74, 6) is 1.87. The van der Waals surface area contributed by atoms with Gasteiger partial charge in [-0.25, -0.2) is 0 Å². The van der Waals surface area contributed by atoms with Crippen molar-refractivity contribution < 1.29 is 14.3 Å². The monoisotopic (exact) mass is 356 g/mol. The van der Waals surface area contributed by atoms with E-state index in [1.165, 1.54) is 5.56 Å². The van der Waals surface area contributed by atoms with Crippen LogP contribution in [0.4, 0.5) is 5.69 Å². The van der Waals surface area contributed by atoms with Crippen molar-refractivity contribution in [3.63, 3.8) is 0 Å². The Balaban J connectivity index is 1.37. The molecule has 1 aliphatic heterocycles. The zero-order valence-corrected chi connectivity index (χ0v) is 14.6. The van der Waals surface area contributed by atoms with Crippen LogP contribution in [-0.2, 0) is 15.3 Å². The summed E-state index contributed by atoms with van der Waals surface area (Å²) in [6.45, 7) is 0.571. The molecule has 5 nitrogen and oxygen atoms in total. The average Bonchev–Trinajstić information content (AvgIpc) is 2.63. The summed E-state index contributed by atoms with van der Waals surface area (Å²) in [6, 6.07) is 17.4. The Hall–Kier alpha value is -2.47. The third-order valence-electron chi connectivity index (χ3n) is 3.76. The molecule has 0 aliphatic carbocycles. The largest absolute Gasteiger partial charge is 0.478 e. The molecule has 0 unspecified atom stereocenters. The zero-order valence-electron chi connectivity index (χ0n) is 13.7. The summed E-state index contributed by atoms with van der Waals surface area (Å²) in [6.07, 6.45) is -0.768. The second-order valence-electron chi connectivity index (χ2n) is 5.68. The summed E-state index contributed by atoms with van der Waals surface area (Å²) in [5, 5.41) is 5.60. The molecule has 0 saturated heterocycles. The molecule has 0 aromatic heterocycles. The van der Waals surface area contributed by atoms with Gasteiger partial charge in [-0.2, -0.15) is 11.8 Å². The Kier molecular flexibility index (Phi) is 5.95. The third-order valence-corrected chi connectivity index (χ3v) is 4.79. The number of carbonyl (C=O) groups excluding carboxylic acids is 2. The first-order valence-electron chi connectivity index (χ1n) is 8.17. The summed E-state index contributed by atoms with van der Waals surface area (Å²) in [7, 11) is 0. The van der Waals surface area contributed by atoms with Crippen LogP contribution in [0.15, 0.2) is 54.6 Å². The second-order valence-corrected chi connectivity index (χ2v) is 6.79. The highest BCUT2D eigenvalue weighted by atomic mass is 32.2. The Morgan fingerprint density at radius 3 is 2.72 bits per heavy atom. The second kappa shape index (κ2) is 8.58. The first-order valence-corrected chi connectivity index (χ1v) is 9.33. The van der Waals surface area contributed by atoms with Gasteiger partial charge in [-0.1, -0.05) is 42.5 Å². The fraction of sp³-hybridized carbons (Fsp3) is 0.263. The number of nitrogens with one attached hydrogen (secondary N) is 2. The van der Waals surface area contributed by atoms with Crippen LogP contribution >= 0.6 is 11.8 Å². The molecule has 0 bridgehead atoms. The van der Waals surface area contributed by atoms with Crippen LogP contribution in [0.3, 0.4) is 0 Å². The van der Waals surface area contributed by atoms with Gasteiger partial charge >= 0.3 is 0 Å². The van der Waals surface area contributed by atoms with Crippen LogP contribution < -0.4 is 15.4 Å². The minimum absolute atomic E-state index is 0.0174. The van der Waals surface area contributed by atoms with Gasteiger partial charge in [0.2, 0.25) is 5.91 Å². The molecule has 1 heterocycles. The number of para-hydroxylation sites is 2. The number of anilines is 1. The molecule has 3 rings (SSSR count). The van der Waals surface area contributed by atoms with Crippen molar-refractivity contribution in [3.8, 4) is 5.75 Å². The van der Waals surface area contributed by atoms with E-state index in [1.54, 1.807) is 23.9 Å². The van der Waals surface area contributed by atoms with E-state index in [2.05, 4.69) is 22.8 Å². The molecule has 0 radical (unpaired) electrons. The zero-order chi connectivity index (χ0) is 17.5. The van der Waals surface area contributed by atoms with E-state index < -0.39 is 6.10 Å². The molecule has 2 aromatic carbocycles. The summed E-state index contributed by atoms with van der Waals surface area (Å²) < 4.78 is 5.62. The lowest BCUT2D eigenvalue weighted by molar-refractivity contribution is -0.130. The van der Waals surface area contributed by atoms with Gasteiger partial charge < -0.3 is 15.4 Å². The highest BCUT2D eigenvalue weighted by Crippen LogP contribution is 2.29. The summed E-state index contributed by atoms with van der Waals surface area (Å²) >= 11 is 1.76. The van der Waals surface area contributed by atoms with Crippen LogP contribution in [0.25, 0.3) is 0 Å². The van der Waals surface area contributed by atoms with Crippen molar-refractivity contribution in [3.05, 3.63) is 60.2 Å². The minimum Gasteiger partial charge on any atom is -0.478 e. The smallest absolute Gasteiger partial charge is 0.266 e. The van der Waals surface area contributed by atoms with Gasteiger partial charge in [0, 0.05) is 18.1 Å². The van der Waals surface area contributed by atoms with Crippen molar-refractivity contribution >= 4 is 29.3 Å². The summed E-state index contributed by atoms with van der Waals surface area (Å²) in [4.78, 5) is 24.0. The molecule has 2 N–H and O–H groups in total. The molecule has 1 aliphatic rings. The highest BCUT2D eigenvalue weighted by Gasteiger charge is 2.29. The van der Waals surface area contributed by atoms with Crippen LogP contribution in [0.5, 0.6) is 5.75 Å². The van der Waals surface area contributed by atoms with Crippen LogP contribution in [0.2, 0.25) is 0 Å². The van der Waals surface area contributed by atoms with Crippen molar-refractivity contribution in [2.45, 2.75) is 18.3 Å². The number of amides is 2. The molecule has 0 spiro atoms. The Labute approximate surface area is 151 Å². The van der Waals surface area contributed by atoms with Gasteiger partial charge in [-0.3, -0.25) is 9.59 Å². The molecule has 0 saturated carbocycles. The number of benzene rings is 2. The van der Waals surface area contributed by atoms with E-state index in [-0.39, 0.29) is 18.2 Å². The maximum atomic E-state index is 12.0. The molecule has 6 heteroatoms. The SMILES string of the molecule is O=C(C[C@H]1Oc2ccccc2NC1=O)NCCSCc1ccccc1. The number of carbonyl (C=O) groups is 2. The van der Waals surface area contributed by atoms with Crippen molar-refractivity contribution in [1.82, 2.24) is 5.32 Å². The van der Waals surface area contributed by atoms with E-state index in [0.717, 1.165) is 11.5 Å². The first-order chi connectivity index (χ1) is 12.2. The highest BCUT2D eigenvalue weighted by molar-refractivity contribution is 7.98. The maximum absolute atomic E-state index is 12.0.